The SMILES string of the molecule is C=C(CC(C)C)Nc1cncc(-c2ccc3[nH]nc(-c4cc5ncccc5[nH]4)c3n2)c1. The molecule has 0 aliphatic heterocycles. The molecule has 0 atom stereocenters. The van der Waals surface area contributed by atoms with Gasteiger partial charge in [-0.2, -0.15) is 5.10 Å². The fourth-order valence-corrected chi connectivity index (χ4v) is 3.73. The van der Waals surface area contributed by atoms with Crippen molar-refractivity contribution in [2.75, 3.05) is 5.32 Å². The number of hydrogen-bond acceptors (Lipinski definition) is 5. The first kappa shape index (κ1) is 19.0. The molecule has 5 rings (SSSR count). The van der Waals surface area contributed by atoms with E-state index in [0.717, 1.165) is 62.5 Å². The molecule has 0 saturated carbocycles. The summed E-state index contributed by atoms with van der Waals surface area (Å²) in [5.74, 6) is 0.541. The van der Waals surface area contributed by atoms with E-state index >= 15 is 0 Å². The Morgan fingerprint density at radius 1 is 1.13 bits per heavy atom. The molecule has 0 fully saturated rings. The van der Waals surface area contributed by atoms with Crippen molar-refractivity contribution in [3.05, 3.63) is 67.3 Å². The van der Waals surface area contributed by atoms with Crippen LogP contribution in [0.1, 0.15) is 20.3 Å². The van der Waals surface area contributed by atoms with E-state index in [4.69, 9.17) is 4.98 Å². The number of rotatable bonds is 6. The van der Waals surface area contributed by atoms with Crippen LogP contribution in [-0.4, -0.2) is 30.1 Å². The van der Waals surface area contributed by atoms with Gasteiger partial charge in [-0.05, 0) is 48.7 Å². The van der Waals surface area contributed by atoms with Gasteiger partial charge in [-0.25, -0.2) is 4.98 Å². The second-order valence-corrected chi connectivity index (χ2v) is 8.07. The number of aromatic nitrogens is 6. The summed E-state index contributed by atoms with van der Waals surface area (Å²) >= 11 is 0. The minimum absolute atomic E-state index is 0.541. The molecule has 0 aromatic carbocycles. The van der Waals surface area contributed by atoms with E-state index in [0.29, 0.717) is 5.92 Å². The highest BCUT2D eigenvalue weighted by atomic mass is 15.1. The zero-order valence-corrected chi connectivity index (χ0v) is 17.5. The molecule has 5 aromatic rings. The first-order valence-electron chi connectivity index (χ1n) is 10.3. The molecule has 7 heteroatoms. The van der Waals surface area contributed by atoms with Crippen LogP contribution in [0.25, 0.3) is 44.7 Å². The number of pyridine rings is 3. The molecule has 0 unspecified atom stereocenters. The summed E-state index contributed by atoms with van der Waals surface area (Å²) < 4.78 is 0. The normalized spacial score (nSPS) is 11.5. The third-order valence-corrected chi connectivity index (χ3v) is 5.06. The van der Waals surface area contributed by atoms with Crippen molar-refractivity contribution >= 4 is 27.8 Å². The molecule has 5 aromatic heterocycles. The van der Waals surface area contributed by atoms with Crippen LogP contribution in [0.4, 0.5) is 5.69 Å². The van der Waals surface area contributed by atoms with Crippen LogP contribution in [0.15, 0.2) is 67.3 Å². The third kappa shape index (κ3) is 3.77. The summed E-state index contributed by atoms with van der Waals surface area (Å²) in [5, 5.41) is 10.9. The van der Waals surface area contributed by atoms with E-state index in [1.54, 1.807) is 12.4 Å². The summed E-state index contributed by atoms with van der Waals surface area (Å²) in [5.41, 5.74) is 8.81. The predicted molar refractivity (Wildman–Crippen MR) is 124 cm³/mol. The molecule has 3 N–H and O–H groups in total. The van der Waals surface area contributed by atoms with Gasteiger partial charge in [-0.1, -0.05) is 20.4 Å². The second kappa shape index (κ2) is 7.68. The molecule has 154 valence electrons. The van der Waals surface area contributed by atoms with E-state index < -0.39 is 0 Å². The number of nitrogens with one attached hydrogen (secondary N) is 3. The zero-order valence-electron chi connectivity index (χ0n) is 17.5. The van der Waals surface area contributed by atoms with Crippen molar-refractivity contribution in [2.45, 2.75) is 20.3 Å². The van der Waals surface area contributed by atoms with Gasteiger partial charge >= 0.3 is 0 Å². The van der Waals surface area contributed by atoms with E-state index in [9.17, 15) is 0 Å². The van der Waals surface area contributed by atoms with Gasteiger partial charge in [0.15, 0.2) is 0 Å². The average molecular weight is 409 g/mol. The van der Waals surface area contributed by atoms with Crippen molar-refractivity contribution in [1.29, 1.82) is 0 Å². The lowest BCUT2D eigenvalue weighted by Crippen LogP contribution is -2.02. The monoisotopic (exact) mass is 409 g/mol. The Morgan fingerprint density at radius 2 is 2.03 bits per heavy atom. The van der Waals surface area contributed by atoms with E-state index in [-0.39, 0.29) is 0 Å². The van der Waals surface area contributed by atoms with Crippen molar-refractivity contribution in [3.8, 4) is 22.6 Å². The number of fused-ring (bicyclic) bond motifs is 2. The highest BCUT2D eigenvalue weighted by molar-refractivity contribution is 5.93. The quantitative estimate of drug-likeness (QED) is 0.342. The fourth-order valence-electron chi connectivity index (χ4n) is 3.73. The van der Waals surface area contributed by atoms with E-state index in [2.05, 4.69) is 50.9 Å². The molecule has 0 saturated heterocycles. The predicted octanol–water partition coefficient (Wildman–Crippen LogP) is 5.53. The minimum atomic E-state index is 0.541. The van der Waals surface area contributed by atoms with Gasteiger partial charge in [0.2, 0.25) is 0 Å². The number of nitrogens with zero attached hydrogens (tertiary/aromatic N) is 4. The lowest BCUT2D eigenvalue weighted by atomic mass is 10.1. The van der Waals surface area contributed by atoms with E-state index in [1.165, 1.54) is 0 Å². The number of hydrogen-bond donors (Lipinski definition) is 3. The lowest BCUT2D eigenvalue weighted by Gasteiger charge is -2.12. The Morgan fingerprint density at radius 3 is 2.87 bits per heavy atom. The van der Waals surface area contributed by atoms with Gasteiger partial charge < -0.3 is 10.3 Å². The summed E-state index contributed by atoms with van der Waals surface area (Å²) in [7, 11) is 0. The van der Waals surface area contributed by atoms with Crippen LogP contribution in [0.3, 0.4) is 0 Å². The minimum Gasteiger partial charge on any atom is -0.358 e. The molecule has 5 heterocycles. The summed E-state index contributed by atoms with van der Waals surface area (Å²) in [6.07, 6.45) is 6.31. The standard InChI is InChI=1S/C24H23N7/c1-14(2)9-15(3)27-17-10-16(12-25-13-17)18-6-7-20-23(29-18)24(31-30-20)22-11-21-19(28-22)5-4-8-26-21/h4-8,10-14,27-28H,3,9H2,1-2H3,(H,30,31). The van der Waals surface area contributed by atoms with Crippen LogP contribution in [0.5, 0.6) is 0 Å². The molecular formula is C24H23N7. The van der Waals surface area contributed by atoms with Crippen LogP contribution < -0.4 is 5.32 Å². The largest absolute Gasteiger partial charge is 0.358 e. The first-order chi connectivity index (χ1) is 15.1. The molecule has 0 aliphatic carbocycles. The van der Waals surface area contributed by atoms with Gasteiger partial charge in [-0.3, -0.25) is 15.1 Å². The van der Waals surface area contributed by atoms with Crippen molar-refractivity contribution < 1.29 is 0 Å². The van der Waals surface area contributed by atoms with Crippen molar-refractivity contribution in [3.63, 3.8) is 0 Å². The number of H-pyrrole nitrogens is 2. The Labute approximate surface area is 179 Å². The zero-order chi connectivity index (χ0) is 21.4. The topological polar surface area (TPSA) is 95.2 Å². The molecular weight excluding hydrogens is 386 g/mol. The first-order valence-corrected chi connectivity index (χ1v) is 10.3. The fraction of sp³-hybridized carbons (Fsp3) is 0.167. The third-order valence-electron chi connectivity index (χ3n) is 5.06. The lowest BCUT2D eigenvalue weighted by molar-refractivity contribution is 0.645. The smallest absolute Gasteiger partial charge is 0.135 e. The highest BCUT2D eigenvalue weighted by Gasteiger charge is 2.14. The maximum Gasteiger partial charge on any atom is 0.135 e. The van der Waals surface area contributed by atoms with Gasteiger partial charge in [0.25, 0.3) is 0 Å². The van der Waals surface area contributed by atoms with Gasteiger partial charge in [0.1, 0.15) is 11.2 Å². The molecule has 0 amide bonds. The summed E-state index contributed by atoms with van der Waals surface area (Å²) in [4.78, 5) is 17.1. The average Bonchev–Trinajstić information content (AvgIpc) is 3.36. The van der Waals surface area contributed by atoms with Gasteiger partial charge in [-0.15, -0.1) is 0 Å². The maximum atomic E-state index is 4.90. The summed E-state index contributed by atoms with van der Waals surface area (Å²) in [6, 6.07) is 11.9. The van der Waals surface area contributed by atoms with Crippen molar-refractivity contribution in [2.24, 2.45) is 5.92 Å². The Hall–Kier alpha value is -4.00. The van der Waals surface area contributed by atoms with Gasteiger partial charge in [0, 0.05) is 23.7 Å². The number of aromatic amines is 2. The summed E-state index contributed by atoms with van der Waals surface area (Å²) in [6.45, 7) is 8.46. The number of anilines is 1. The van der Waals surface area contributed by atoms with Crippen LogP contribution in [0, 0.1) is 5.92 Å². The van der Waals surface area contributed by atoms with Gasteiger partial charge in [0.05, 0.1) is 39.8 Å². The molecule has 31 heavy (non-hydrogen) atoms. The maximum absolute atomic E-state index is 4.90. The Balaban J connectivity index is 1.51. The van der Waals surface area contributed by atoms with E-state index in [1.807, 2.05) is 42.6 Å². The molecule has 0 aliphatic rings. The molecule has 0 spiro atoms. The Bertz CT molecular complexity index is 1360. The van der Waals surface area contributed by atoms with Crippen molar-refractivity contribution in [1.82, 2.24) is 30.1 Å². The van der Waals surface area contributed by atoms with Crippen LogP contribution >= 0.6 is 0 Å². The van der Waals surface area contributed by atoms with Crippen LogP contribution in [0.2, 0.25) is 0 Å². The number of allylic oxidation sites excluding steroid dienone is 1. The molecule has 0 radical (unpaired) electrons. The highest BCUT2D eigenvalue weighted by Crippen LogP contribution is 2.29. The van der Waals surface area contributed by atoms with Crippen LogP contribution in [-0.2, 0) is 0 Å². The second-order valence-electron chi connectivity index (χ2n) is 8.07. The Kier molecular flexibility index (Phi) is 4.71. The molecule has 7 nitrogen and oxygen atoms in total. The molecule has 0 bridgehead atoms.